The zero-order valence-corrected chi connectivity index (χ0v) is 8.88. The van der Waals surface area contributed by atoms with Crippen molar-refractivity contribution in [1.82, 2.24) is 15.3 Å². The molecule has 1 aliphatic rings. The van der Waals surface area contributed by atoms with Crippen LogP contribution in [0, 0.1) is 6.92 Å². The van der Waals surface area contributed by atoms with Crippen LogP contribution in [0.3, 0.4) is 0 Å². The molecule has 14 heavy (non-hydrogen) atoms. The summed E-state index contributed by atoms with van der Waals surface area (Å²) in [5.41, 5.74) is 2.33. The van der Waals surface area contributed by atoms with Gasteiger partial charge in [-0.25, -0.2) is 9.97 Å². The maximum absolute atomic E-state index is 4.49. The summed E-state index contributed by atoms with van der Waals surface area (Å²) in [4.78, 5) is 8.88. The molecule has 0 aliphatic carbocycles. The quantitative estimate of drug-likeness (QED) is 0.774. The number of rotatable bonds is 2. The summed E-state index contributed by atoms with van der Waals surface area (Å²) in [6.45, 7) is 5.22. The fourth-order valence-electron chi connectivity index (χ4n) is 1.95. The normalized spacial score (nSPS) is 21.4. The van der Waals surface area contributed by atoms with Crippen molar-refractivity contribution in [3.63, 3.8) is 0 Å². The summed E-state index contributed by atoms with van der Waals surface area (Å²) >= 11 is 0. The molecule has 1 aromatic heterocycles. The van der Waals surface area contributed by atoms with Gasteiger partial charge < -0.3 is 5.32 Å². The van der Waals surface area contributed by atoms with E-state index in [0.29, 0.717) is 6.04 Å². The van der Waals surface area contributed by atoms with E-state index >= 15 is 0 Å². The molecule has 1 saturated heterocycles. The molecule has 1 fully saturated rings. The van der Waals surface area contributed by atoms with Gasteiger partial charge in [0, 0.05) is 11.7 Å². The summed E-state index contributed by atoms with van der Waals surface area (Å²) in [5.74, 6) is 0.896. The fourth-order valence-corrected chi connectivity index (χ4v) is 1.95. The van der Waals surface area contributed by atoms with Gasteiger partial charge in [-0.15, -0.1) is 0 Å². The van der Waals surface area contributed by atoms with E-state index in [0.717, 1.165) is 24.5 Å². The molecule has 2 rings (SSSR count). The Hall–Kier alpha value is -0.960. The smallest absolute Gasteiger partial charge is 0.125 e. The number of hydrogen-bond acceptors (Lipinski definition) is 3. The molecular formula is C11H17N3. The average Bonchev–Trinajstić information content (AvgIpc) is 2.69. The third-order valence-corrected chi connectivity index (χ3v) is 2.69. The lowest BCUT2D eigenvalue weighted by Gasteiger charge is -2.11. The predicted molar refractivity (Wildman–Crippen MR) is 56.1 cm³/mol. The second kappa shape index (κ2) is 4.05. The molecule has 1 N–H and O–H groups in total. The lowest BCUT2D eigenvalue weighted by molar-refractivity contribution is 0.620. The Morgan fingerprint density at radius 2 is 2.36 bits per heavy atom. The number of nitrogens with zero attached hydrogens (tertiary/aromatic N) is 2. The van der Waals surface area contributed by atoms with Crippen molar-refractivity contribution in [1.29, 1.82) is 0 Å². The van der Waals surface area contributed by atoms with E-state index in [2.05, 4.69) is 28.3 Å². The van der Waals surface area contributed by atoms with Crippen molar-refractivity contribution in [2.24, 2.45) is 0 Å². The van der Waals surface area contributed by atoms with Gasteiger partial charge in [0.2, 0.25) is 0 Å². The van der Waals surface area contributed by atoms with E-state index in [1.54, 1.807) is 0 Å². The highest BCUT2D eigenvalue weighted by Crippen LogP contribution is 2.21. The predicted octanol–water partition coefficient (Wildman–Crippen LogP) is 1.77. The Bertz CT molecular complexity index is 316. The van der Waals surface area contributed by atoms with Gasteiger partial charge in [0.05, 0.1) is 5.69 Å². The van der Waals surface area contributed by atoms with Crippen LogP contribution in [-0.4, -0.2) is 16.5 Å². The Labute approximate surface area is 85.0 Å². The highest BCUT2D eigenvalue weighted by Gasteiger charge is 2.18. The van der Waals surface area contributed by atoms with Gasteiger partial charge in [-0.1, -0.05) is 6.92 Å². The van der Waals surface area contributed by atoms with Gasteiger partial charge in [-0.3, -0.25) is 0 Å². The minimum atomic E-state index is 0.460. The molecule has 0 radical (unpaired) electrons. The number of aryl methyl sites for hydroxylation is 2. The fraction of sp³-hybridized carbons (Fsp3) is 0.636. The van der Waals surface area contributed by atoms with Crippen LogP contribution in [0.4, 0.5) is 0 Å². The largest absolute Gasteiger partial charge is 0.309 e. The second-order valence-electron chi connectivity index (χ2n) is 3.83. The maximum atomic E-state index is 4.49. The lowest BCUT2D eigenvalue weighted by atomic mass is 10.1. The third kappa shape index (κ3) is 1.93. The summed E-state index contributed by atoms with van der Waals surface area (Å²) in [7, 11) is 0. The van der Waals surface area contributed by atoms with Crippen molar-refractivity contribution in [2.45, 2.75) is 39.2 Å². The van der Waals surface area contributed by atoms with Crippen molar-refractivity contribution in [3.05, 3.63) is 23.3 Å². The molecule has 3 nitrogen and oxygen atoms in total. The van der Waals surface area contributed by atoms with Gasteiger partial charge in [-0.2, -0.15) is 0 Å². The number of aromatic nitrogens is 2. The van der Waals surface area contributed by atoms with Crippen molar-refractivity contribution in [2.75, 3.05) is 6.54 Å². The molecular weight excluding hydrogens is 174 g/mol. The SMILES string of the molecule is CCc1cc(C2CCCN2)nc(C)n1. The van der Waals surface area contributed by atoms with E-state index < -0.39 is 0 Å². The van der Waals surface area contributed by atoms with Gasteiger partial charge >= 0.3 is 0 Å². The van der Waals surface area contributed by atoms with Crippen LogP contribution in [0.1, 0.15) is 43.0 Å². The zero-order chi connectivity index (χ0) is 9.97. The van der Waals surface area contributed by atoms with Crippen LogP contribution >= 0.6 is 0 Å². The Morgan fingerprint density at radius 1 is 1.50 bits per heavy atom. The van der Waals surface area contributed by atoms with Gasteiger partial charge in [0.25, 0.3) is 0 Å². The molecule has 0 saturated carbocycles. The first kappa shape index (κ1) is 9.59. The topological polar surface area (TPSA) is 37.8 Å². The van der Waals surface area contributed by atoms with E-state index in [4.69, 9.17) is 0 Å². The molecule has 1 unspecified atom stereocenters. The van der Waals surface area contributed by atoms with Crippen molar-refractivity contribution in [3.8, 4) is 0 Å². The highest BCUT2D eigenvalue weighted by molar-refractivity contribution is 5.15. The van der Waals surface area contributed by atoms with Crippen molar-refractivity contribution < 1.29 is 0 Å². The van der Waals surface area contributed by atoms with Gasteiger partial charge in [-0.05, 0) is 38.8 Å². The van der Waals surface area contributed by atoms with Crippen LogP contribution in [0.25, 0.3) is 0 Å². The Morgan fingerprint density at radius 3 is 3.00 bits per heavy atom. The molecule has 1 aromatic rings. The Balaban J connectivity index is 2.27. The average molecular weight is 191 g/mol. The van der Waals surface area contributed by atoms with Crippen LogP contribution in [0.15, 0.2) is 6.07 Å². The van der Waals surface area contributed by atoms with Crippen LogP contribution < -0.4 is 5.32 Å². The molecule has 76 valence electrons. The highest BCUT2D eigenvalue weighted by atomic mass is 15.0. The maximum Gasteiger partial charge on any atom is 0.125 e. The summed E-state index contributed by atoms with van der Waals surface area (Å²) in [6.07, 6.45) is 3.46. The molecule has 2 heterocycles. The van der Waals surface area contributed by atoms with Crippen LogP contribution in [-0.2, 0) is 6.42 Å². The lowest BCUT2D eigenvalue weighted by Crippen LogP contribution is -2.15. The minimum Gasteiger partial charge on any atom is -0.309 e. The molecule has 0 amide bonds. The molecule has 0 bridgehead atoms. The first-order valence-electron chi connectivity index (χ1n) is 5.37. The van der Waals surface area contributed by atoms with Crippen LogP contribution in [0.2, 0.25) is 0 Å². The van der Waals surface area contributed by atoms with E-state index in [-0.39, 0.29) is 0 Å². The first-order valence-corrected chi connectivity index (χ1v) is 5.37. The molecule has 1 aliphatic heterocycles. The van der Waals surface area contributed by atoms with Crippen molar-refractivity contribution >= 4 is 0 Å². The van der Waals surface area contributed by atoms with Crippen LogP contribution in [0.5, 0.6) is 0 Å². The first-order chi connectivity index (χ1) is 6.79. The second-order valence-corrected chi connectivity index (χ2v) is 3.83. The summed E-state index contributed by atoms with van der Waals surface area (Å²) in [6, 6.07) is 2.60. The molecule has 0 spiro atoms. The summed E-state index contributed by atoms with van der Waals surface area (Å²) in [5, 5.41) is 3.46. The van der Waals surface area contributed by atoms with Gasteiger partial charge in [0.1, 0.15) is 5.82 Å². The zero-order valence-electron chi connectivity index (χ0n) is 8.88. The monoisotopic (exact) mass is 191 g/mol. The van der Waals surface area contributed by atoms with E-state index in [9.17, 15) is 0 Å². The minimum absolute atomic E-state index is 0.460. The van der Waals surface area contributed by atoms with Gasteiger partial charge in [0.15, 0.2) is 0 Å². The number of nitrogens with one attached hydrogen (secondary N) is 1. The molecule has 0 aromatic carbocycles. The molecule has 1 atom stereocenters. The Kier molecular flexibility index (Phi) is 2.77. The van der Waals surface area contributed by atoms with E-state index in [1.165, 1.54) is 18.5 Å². The molecule has 3 heteroatoms. The number of hydrogen-bond donors (Lipinski definition) is 1. The summed E-state index contributed by atoms with van der Waals surface area (Å²) < 4.78 is 0. The standard InChI is InChI=1S/C11H17N3/c1-3-9-7-11(14-8(2)13-9)10-5-4-6-12-10/h7,10,12H,3-6H2,1-2H3. The third-order valence-electron chi connectivity index (χ3n) is 2.69. The van der Waals surface area contributed by atoms with E-state index in [1.807, 2.05) is 6.92 Å².